The van der Waals surface area contributed by atoms with Gasteiger partial charge in [0.1, 0.15) is 5.75 Å². The molecule has 37 heavy (non-hydrogen) atoms. The summed E-state index contributed by atoms with van der Waals surface area (Å²) in [5.41, 5.74) is 4.89. The minimum absolute atomic E-state index is 0.0342. The standard InChI is InChI=1S/C30H43N3O4/c1-22-26(8-5-10-28(22)30(36)31-14-3-4-15-32-17-12-24(34)20-32)27-9-6-11-29(23(27)2)37-19-7-16-33-18-13-25(35)21-33/h5-6,8-11,24-25,34-35H,3-4,7,12-21H2,1-2H3,(H,31,36)/t24-,25-/m1/s1. The van der Waals surface area contributed by atoms with Crippen LogP contribution in [0.4, 0.5) is 0 Å². The fourth-order valence-electron chi connectivity index (χ4n) is 5.49. The summed E-state index contributed by atoms with van der Waals surface area (Å²) in [7, 11) is 0. The summed E-state index contributed by atoms with van der Waals surface area (Å²) in [4.78, 5) is 17.5. The summed E-state index contributed by atoms with van der Waals surface area (Å²) in [6.07, 6.45) is 4.23. The van der Waals surface area contributed by atoms with Gasteiger partial charge in [0, 0.05) is 44.8 Å². The quantitative estimate of drug-likeness (QED) is 0.381. The third-order valence-electron chi connectivity index (χ3n) is 7.71. The van der Waals surface area contributed by atoms with E-state index in [2.05, 4.69) is 34.2 Å². The number of rotatable bonds is 12. The Bertz CT molecular complexity index is 1040. The first-order chi connectivity index (χ1) is 17.9. The number of ether oxygens (including phenoxy) is 1. The molecule has 2 fully saturated rings. The Hall–Kier alpha value is -2.45. The van der Waals surface area contributed by atoms with Gasteiger partial charge >= 0.3 is 0 Å². The van der Waals surface area contributed by atoms with Gasteiger partial charge in [-0.3, -0.25) is 4.79 Å². The molecule has 2 aliphatic heterocycles. The van der Waals surface area contributed by atoms with Gasteiger partial charge in [-0.05, 0) is 86.9 Å². The zero-order valence-corrected chi connectivity index (χ0v) is 22.4. The second kappa shape index (κ2) is 13.4. The SMILES string of the molecule is Cc1c(OCCCN2CC[C@@H](O)C2)cccc1-c1cccc(C(=O)NCCCCN2CC[C@@H](O)C2)c1C. The van der Waals surface area contributed by atoms with Gasteiger partial charge in [-0.25, -0.2) is 0 Å². The van der Waals surface area contributed by atoms with Crippen molar-refractivity contribution in [2.24, 2.45) is 0 Å². The van der Waals surface area contributed by atoms with E-state index >= 15 is 0 Å². The van der Waals surface area contributed by atoms with Gasteiger partial charge in [0.2, 0.25) is 0 Å². The molecule has 0 unspecified atom stereocenters. The van der Waals surface area contributed by atoms with Gasteiger partial charge in [-0.1, -0.05) is 24.3 Å². The molecule has 2 aromatic carbocycles. The van der Waals surface area contributed by atoms with Crippen LogP contribution in [0.3, 0.4) is 0 Å². The smallest absolute Gasteiger partial charge is 0.251 e. The van der Waals surface area contributed by atoms with Crippen molar-refractivity contribution in [3.63, 3.8) is 0 Å². The number of hydrogen-bond donors (Lipinski definition) is 3. The van der Waals surface area contributed by atoms with Crippen LogP contribution in [-0.4, -0.2) is 90.5 Å². The van der Waals surface area contributed by atoms with Crippen LogP contribution in [0.2, 0.25) is 0 Å². The molecule has 2 heterocycles. The lowest BCUT2D eigenvalue weighted by Gasteiger charge is -2.18. The van der Waals surface area contributed by atoms with E-state index in [1.54, 1.807) is 0 Å². The molecule has 0 bridgehead atoms. The molecule has 0 aromatic heterocycles. The van der Waals surface area contributed by atoms with E-state index in [9.17, 15) is 15.0 Å². The summed E-state index contributed by atoms with van der Waals surface area (Å²) in [6.45, 7) is 10.8. The number of aliphatic hydroxyl groups is 2. The van der Waals surface area contributed by atoms with E-state index in [0.717, 1.165) is 99.4 Å². The fourth-order valence-corrected chi connectivity index (χ4v) is 5.49. The first-order valence-corrected chi connectivity index (χ1v) is 13.8. The molecular weight excluding hydrogens is 466 g/mol. The summed E-state index contributed by atoms with van der Waals surface area (Å²) in [5, 5.41) is 22.4. The number of nitrogens with one attached hydrogen (secondary N) is 1. The monoisotopic (exact) mass is 509 g/mol. The number of unbranched alkanes of at least 4 members (excludes halogenated alkanes) is 1. The predicted molar refractivity (Wildman–Crippen MR) is 147 cm³/mol. The highest BCUT2D eigenvalue weighted by molar-refractivity contribution is 5.97. The maximum atomic E-state index is 13.0. The molecular formula is C30H43N3O4. The number of β-amino-alcohol motifs (C(OH)–C–C–N with tert-alkyl or cyclic N) is 2. The van der Waals surface area contributed by atoms with Crippen molar-refractivity contribution in [3.8, 4) is 16.9 Å². The Morgan fingerprint density at radius 1 is 0.892 bits per heavy atom. The number of hydrogen-bond acceptors (Lipinski definition) is 6. The van der Waals surface area contributed by atoms with Crippen molar-refractivity contribution in [2.75, 3.05) is 52.4 Å². The Balaban J connectivity index is 1.30. The van der Waals surface area contributed by atoms with Crippen LogP contribution in [0.5, 0.6) is 5.75 Å². The third-order valence-corrected chi connectivity index (χ3v) is 7.71. The highest BCUT2D eigenvalue weighted by Crippen LogP contribution is 2.33. The lowest BCUT2D eigenvalue weighted by molar-refractivity contribution is 0.0952. The number of benzene rings is 2. The molecule has 3 N–H and O–H groups in total. The van der Waals surface area contributed by atoms with Crippen LogP contribution < -0.4 is 10.1 Å². The molecule has 7 heteroatoms. The Kier molecular flexibility index (Phi) is 9.97. The minimum Gasteiger partial charge on any atom is -0.493 e. The normalized spacial score (nSPS) is 20.4. The summed E-state index contributed by atoms with van der Waals surface area (Å²) in [6, 6.07) is 12.0. The molecule has 7 nitrogen and oxygen atoms in total. The highest BCUT2D eigenvalue weighted by atomic mass is 16.5. The highest BCUT2D eigenvalue weighted by Gasteiger charge is 2.20. The topological polar surface area (TPSA) is 85.3 Å². The van der Waals surface area contributed by atoms with Gasteiger partial charge < -0.3 is 30.1 Å². The first-order valence-electron chi connectivity index (χ1n) is 13.8. The first kappa shape index (κ1) is 27.6. The molecule has 2 atom stereocenters. The lowest BCUT2D eigenvalue weighted by atomic mass is 9.93. The van der Waals surface area contributed by atoms with Crippen LogP contribution in [0, 0.1) is 13.8 Å². The van der Waals surface area contributed by atoms with E-state index in [-0.39, 0.29) is 18.1 Å². The van der Waals surface area contributed by atoms with Crippen molar-refractivity contribution in [3.05, 3.63) is 53.1 Å². The van der Waals surface area contributed by atoms with Crippen molar-refractivity contribution in [1.82, 2.24) is 15.1 Å². The van der Waals surface area contributed by atoms with E-state index in [4.69, 9.17) is 4.74 Å². The number of carbonyl (C=O) groups is 1. The zero-order valence-electron chi connectivity index (χ0n) is 22.4. The molecule has 1 amide bonds. The molecule has 2 saturated heterocycles. The number of carbonyl (C=O) groups excluding carboxylic acids is 1. The fraction of sp³-hybridized carbons (Fsp3) is 0.567. The predicted octanol–water partition coefficient (Wildman–Crippen LogP) is 3.38. The summed E-state index contributed by atoms with van der Waals surface area (Å²) < 4.78 is 6.14. The molecule has 0 spiro atoms. The van der Waals surface area contributed by atoms with E-state index in [0.29, 0.717) is 18.7 Å². The van der Waals surface area contributed by atoms with Crippen molar-refractivity contribution in [2.45, 2.75) is 58.2 Å². The van der Waals surface area contributed by atoms with Gasteiger partial charge in [-0.2, -0.15) is 0 Å². The third kappa shape index (κ3) is 7.54. The lowest BCUT2D eigenvalue weighted by Crippen LogP contribution is -2.27. The molecule has 2 aliphatic rings. The van der Waals surface area contributed by atoms with Crippen molar-refractivity contribution >= 4 is 5.91 Å². The maximum absolute atomic E-state index is 13.0. The second-order valence-corrected chi connectivity index (χ2v) is 10.6. The van der Waals surface area contributed by atoms with Crippen molar-refractivity contribution < 1.29 is 19.7 Å². The van der Waals surface area contributed by atoms with Crippen LogP contribution in [0.15, 0.2) is 36.4 Å². The van der Waals surface area contributed by atoms with Gasteiger partial charge in [0.15, 0.2) is 0 Å². The molecule has 0 radical (unpaired) electrons. The number of nitrogens with zero attached hydrogens (tertiary/aromatic N) is 2. The van der Waals surface area contributed by atoms with E-state index in [1.807, 2.05) is 31.2 Å². The van der Waals surface area contributed by atoms with Gasteiger partial charge in [0.05, 0.1) is 18.8 Å². The molecule has 0 aliphatic carbocycles. The molecule has 0 saturated carbocycles. The van der Waals surface area contributed by atoms with Crippen LogP contribution in [0.25, 0.3) is 11.1 Å². The Morgan fingerprint density at radius 2 is 1.51 bits per heavy atom. The number of likely N-dealkylation sites (tertiary alicyclic amines) is 2. The Morgan fingerprint density at radius 3 is 2.16 bits per heavy atom. The summed E-state index contributed by atoms with van der Waals surface area (Å²) >= 11 is 0. The van der Waals surface area contributed by atoms with Crippen LogP contribution in [0.1, 0.15) is 53.6 Å². The maximum Gasteiger partial charge on any atom is 0.251 e. The second-order valence-electron chi connectivity index (χ2n) is 10.6. The van der Waals surface area contributed by atoms with Crippen LogP contribution in [-0.2, 0) is 0 Å². The largest absolute Gasteiger partial charge is 0.493 e. The van der Waals surface area contributed by atoms with E-state index in [1.165, 1.54) is 0 Å². The van der Waals surface area contributed by atoms with E-state index < -0.39 is 0 Å². The average Bonchev–Trinajstić information content (AvgIpc) is 3.50. The van der Waals surface area contributed by atoms with Gasteiger partial charge in [-0.15, -0.1) is 0 Å². The number of aliphatic hydroxyl groups excluding tert-OH is 2. The molecule has 202 valence electrons. The average molecular weight is 510 g/mol. The Labute approximate surface area is 221 Å². The van der Waals surface area contributed by atoms with Crippen molar-refractivity contribution in [1.29, 1.82) is 0 Å². The zero-order chi connectivity index (χ0) is 26.2. The summed E-state index contributed by atoms with van der Waals surface area (Å²) in [5.74, 6) is 0.840. The minimum atomic E-state index is -0.184. The van der Waals surface area contributed by atoms with Gasteiger partial charge in [0.25, 0.3) is 5.91 Å². The molecule has 2 aromatic rings. The van der Waals surface area contributed by atoms with Crippen LogP contribution >= 0.6 is 0 Å². The number of amides is 1. The molecule has 4 rings (SSSR count).